The Bertz CT molecular complexity index is 543. The van der Waals surface area contributed by atoms with Crippen molar-refractivity contribution in [2.45, 2.75) is 193 Å². The molecule has 0 spiro atoms. The van der Waals surface area contributed by atoms with E-state index in [-0.39, 0.29) is 18.5 Å². The summed E-state index contributed by atoms with van der Waals surface area (Å²) in [5.74, 6) is -0.869. The Morgan fingerprint density at radius 1 is 0.553 bits per heavy atom. The van der Waals surface area contributed by atoms with E-state index in [1.807, 2.05) is 0 Å². The molecule has 0 radical (unpaired) electrons. The normalized spacial score (nSPS) is 12.3. The molecule has 0 saturated carbocycles. The van der Waals surface area contributed by atoms with Gasteiger partial charge >= 0.3 is 11.9 Å². The minimum Gasteiger partial charge on any atom is -0.481 e. The first-order valence-corrected chi connectivity index (χ1v) is 16.7. The largest absolute Gasteiger partial charge is 0.481 e. The van der Waals surface area contributed by atoms with Crippen molar-refractivity contribution < 1.29 is 19.4 Å². The van der Waals surface area contributed by atoms with E-state index in [1.165, 1.54) is 122 Å². The van der Waals surface area contributed by atoms with Gasteiger partial charge in [0.05, 0.1) is 0 Å². The number of unbranched alkanes of at least 4 members (excludes halogenated alkanes) is 19. The van der Waals surface area contributed by atoms with E-state index < -0.39 is 5.97 Å². The first-order chi connectivity index (χ1) is 18.6. The van der Waals surface area contributed by atoms with Gasteiger partial charge in [-0.1, -0.05) is 129 Å². The molecule has 224 valence electrons. The summed E-state index contributed by atoms with van der Waals surface area (Å²) >= 11 is 0. The van der Waals surface area contributed by atoms with Crippen molar-refractivity contribution in [3.8, 4) is 0 Å². The lowest BCUT2D eigenvalue weighted by Crippen LogP contribution is -2.18. The summed E-state index contributed by atoms with van der Waals surface area (Å²) in [5.41, 5.74) is 0. The number of esters is 1. The molecule has 0 fully saturated rings. The zero-order valence-corrected chi connectivity index (χ0v) is 25.5. The third-order valence-electron chi connectivity index (χ3n) is 7.49. The number of carbonyl (C=O) groups is 2. The molecule has 0 aromatic rings. The third-order valence-corrected chi connectivity index (χ3v) is 7.49. The van der Waals surface area contributed by atoms with Gasteiger partial charge in [-0.25, -0.2) is 0 Å². The molecule has 4 heteroatoms. The number of allylic oxidation sites excluding steroid dienone is 2. The topological polar surface area (TPSA) is 63.6 Å². The molecule has 38 heavy (non-hydrogen) atoms. The molecule has 0 heterocycles. The van der Waals surface area contributed by atoms with E-state index in [0.29, 0.717) is 19.3 Å². The molecule has 0 aliphatic carbocycles. The highest BCUT2D eigenvalue weighted by Gasteiger charge is 2.15. The number of aliphatic carboxylic acids is 1. The first-order valence-electron chi connectivity index (χ1n) is 16.7. The minimum atomic E-state index is -0.771. The molecule has 0 aliphatic rings. The highest BCUT2D eigenvalue weighted by Crippen LogP contribution is 2.18. The lowest BCUT2D eigenvalue weighted by Gasteiger charge is -2.18. The fourth-order valence-electron chi connectivity index (χ4n) is 5.01. The van der Waals surface area contributed by atoms with Crippen molar-refractivity contribution in [1.82, 2.24) is 0 Å². The van der Waals surface area contributed by atoms with E-state index >= 15 is 0 Å². The number of hydrogen-bond donors (Lipinski definition) is 1. The molecule has 0 aromatic heterocycles. The highest BCUT2D eigenvalue weighted by molar-refractivity contribution is 5.69. The van der Waals surface area contributed by atoms with Crippen molar-refractivity contribution >= 4 is 11.9 Å². The van der Waals surface area contributed by atoms with Gasteiger partial charge in [0.2, 0.25) is 0 Å². The monoisotopic (exact) mass is 536 g/mol. The van der Waals surface area contributed by atoms with Gasteiger partial charge in [-0.2, -0.15) is 0 Å². The van der Waals surface area contributed by atoms with Crippen molar-refractivity contribution in [1.29, 1.82) is 0 Å². The molecule has 0 saturated heterocycles. The van der Waals surface area contributed by atoms with Gasteiger partial charge in [0.25, 0.3) is 0 Å². The SMILES string of the molecule is CCCCCCC=CCCCCCCCC(=O)OC(CCCCCCCCCCCCC)CCCC(=O)O. The minimum absolute atomic E-state index is 0.0978. The van der Waals surface area contributed by atoms with Crippen LogP contribution in [0.2, 0.25) is 0 Å². The highest BCUT2D eigenvalue weighted by atomic mass is 16.5. The maximum absolute atomic E-state index is 12.4. The Hall–Kier alpha value is -1.32. The molecule has 0 aromatic carbocycles. The van der Waals surface area contributed by atoms with Crippen LogP contribution < -0.4 is 0 Å². The zero-order valence-electron chi connectivity index (χ0n) is 25.5. The number of hydrogen-bond acceptors (Lipinski definition) is 3. The van der Waals surface area contributed by atoms with Crippen molar-refractivity contribution in [2.75, 3.05) is 0 Å². The molecular weight excluding hydrogens is 472 g/mol. The van der Waals surface area contributed by atoms with Crippen LogP contribution in [0.1, 0.15) is 187 Å². The third kappa shape index (κ3) is 29.2. The molecule has 1 N–H and O–H groups in total. The second-order valence-electron chi connectivity index (χ2n) is 11.3. The van der Waals surface area contributed by atoms with Gasteiger partial charge in [0.1, 0.15) is 6.10 Å². The summed E-state index contributed by atoms with van der Waals surface area (Å²) in [7, 11) is 0. The molecule has 1 unspecified atom stereocenters. The van der Waals surface area contributed by atoms with Crippen molar-refractivity contribution in [3.63, 3.8) is 0 Å². The predicted molar refractivity (Wildman–Crippen MR) is 163 cm³/mol. The fourth-order valence-corrected chi connectivity index (χ4v) is 5.01. The van der Waals surface area contributed by atoms with Gasteiger partial charge in [-0.05, 0) is 57.8 Å². The summed E-state index contributed by atoms with van der Waals surface area (Å²) < 4.78 is 5.79. The first kappa shape index (κ1) is 36.7. The molecule has 0 rings (SSSR count). The van der Waals surface area contributed by atoms with Crippen molar-refractivity contribution in [2.24, 2.45) is 0 Å². The smallest absolute Gasteiger partial charge is 0.306 e. The molecule has 1 atom stereocenters. The maximum Gasteiger partial charge on any atom is 0.306 e. The number of rotatable bonds is 30. The van der Waals surface area contributed by atoms with Crippen LogP contribution in [0.25, 0.3) is 0 Å². The number of carboxylic acid groups (broad SMARTS) is 1. The summed E-state index contributed by atoms with van der Waals surface area (Å²) in [5, 5.41) is 8.96. The van der Waals surface area contributed by atoms with Crippen LogP contribution in [-0.4, -0.2) is 23.1 Å². The fraction of sp³-hybridized carbons (Fsp3) is 0.882. The molecule has 4 nitrogen and oxygen atoms in total. The molecule has 0 aliphatic heterocycles. The van der Waals surface area contributed by atoms with Crippen LogP contribution in [0.3, 0.4) is 0 Å². The van der Waals surface area contributed by atoms with E-state index in [0.717, 1.165) is 25.7 Å². The molecular formula is C34H64O4. The van der Waals surface area contributed by atoms with E-state index in [9.17, 15) is 9.59 Å². The Morgan fingerprint density at radius 2 is 0.974 bits per heavy atom. The van der Waals surface area contributed by atoms with Crippen LogP contribution in [0.5, 0.6) is 0 Å². The van der Waals surface area contributed by atoms with Crippen molar-refractivity contribution in [3.05, 3.63) is 12.2 Å². The Labute approximate surface area is 236 Å². The standard InChI is InChI=1S/C34H64O4/c1-3-5-7-9-11-13-15-16-18-20-22-24-26-31-34(37)38-32(29-27-30-33(35)36)28-25-23-21-19-17-14-12-10-8-6-4-2/h13,15,32H,3-12,14,16-31H2,1-2H3,(H,35,36). The van der Waals surface area contributed by atoms with Crippen LogP contribution >= 0.6 is 0 Å². The van der Waals surface area contributed by atoms with Crippen LogP contribution in [0.15, 0.2) is 12.2 Å². The number of carbonyl (C=O) groups excluding carboxylic acids is 1. The van der Waals surface area contributed by atoms with Gasteiger partial charge in [-0.3, -0.25) is 9.59 Å². The second kappa shape index (κ2) is 30.2. The average Bonchev–Trinajstić information content (AvgIpc) is 2.89. The van der Waals surface area contributed by atoms with E-state index in [2.05, 4.69) is 26.0 Å². The van der Waals surface area contributed by atoms with E-state index in [4.69, 9.17) is 9.84 Å². The lowest BCUT2D eigenvalue weighted by molar-refractivity contribution is -0.150. The lowest BCUT2D eigenvalue weighted by atomic mass is 10.0. The summed E-state index contributed by atoms with van der Waals surface area (Å²) in [6.45, 7) is 4.51. The van der Waals surface area contributed by atoms with Crippen LogP contribution in [0.4, 0.5) is 0 Å². The van der Waals surface area contributed by atoms with E-state index in [1.54, 1.807) is 0 Å². The van der Waals surface area contributed by atoms with Crippen LogP contribution in [-0.2, 0) is 14.3 Å². The van der Waals surface area contributed by atoms with Gasteiger partial charge in [0, 0.05) is 12.8 Å². The zero-order chi connectivity index (χ0) is 27.9. The summed E-state index contributed by atoms with van der Waals surface area (Å²) in [6, 6.07) is 0. The average molecular weight is 537 g/mol. The van der Waals surface area contributed by atoms with Gasteiger partial charge in [0.15, 0.2) is 0 Å². The van der Waals surface area contributed by atoms with Gasteiger partial charge in [-0.15, -0.1) is 0 Å². The Kier molecular flexibility index (Phi) is 29.2. The molecule has 0 amide bonds. The summed E-state index contributed by atoms with van der Waals surface area (Å²) in [4.78, 5) is 23.3. The second-order valence-corrected chi connectivity index (χ2v) is 11.3. The van der Waals surface area contributed by atoms with Crippen LogP contribution in [0, 0.1) is 0 Å². The summed E-state index contributed by atoms with van der Waals surface area (Å²) in [6.07, 6.45) is 35.0. The Morgan fingerprint density at radius 3 is 1.50 bits per heavy atom. The quantitative estimate of drug-likeness (QED) is 0.0563. The maximum atomic E-state index is 12.4. The Balaban J connectivity index is 3.87. The van der Waals surface area contributed by atoms with Gasteiger partial charge < -0.3 is 9.84 Å². The number of ether oxygens (including phenoxy) is 1. The molecule has 0 bridgehead atoms. The number of carboxylic acids is 1. The predicted octanol–water partition coefficient (Wildman–Crippen LogP) is 11.1.